The zero-order valence-corrected chi connectivity index (χ0v) is 8.56. The van der Waals surface area contributed by atoms with Gasteiger partial charge < -0.3 is 9.84 Å². The number of esters is 1. The molecule has 0 fully saturated rings. The van der Waals surface area contributed by atoms with Gasteiger partial charge in [0.15, 0.2) is 6.29 Å². The summed E-state index contributed by atoms with van der Waals surface area (Å²) in [7, 11) is 0. The average Bonchev–Trinajstić information content (AvgIpc) is 2.28. The second kappa shape index (κ2) is 4.94. The number of nitrogens with zero attached hydrogens (tertiary/aromatic N) is 1. The molecule has 0 bridgehead atoms. The summed E-state index contributed by atoms with van der Waals surface area (Å²) in [6, 6.07) is 4.09. The van der Waals surface area contributed by atoms with Crippen molar-refractivity contribution < 1.29 is 19.4 Å². The van der Waals surface area contributed by atoms with Gasteiger partial charge in [-0.1, -0.05) is 0 Å². The quantitative estimate of drug-likeness (QED) is 0.610. The van der Waals surface area contributed by atoms with Gasteiger partial charge >= 0.3 is 5.97 Å². The molecule has 0 unspecified atom stereocenters. The Hall–Kier alpha value is -2.35. The molecule has 0 heterocycles. The Morgan fingerprint density at radius 1 is 1.62 bits per heavy atom. The molecule has 0 aromatic heterocycles. The van der Waals surface area contributed by atoms with Crippen molar-refractivity contribution in [2.75, 3.05) is 6.61 Å². The third-order valence-electron chi connectivity index (χ3n) is 1.95. The van der Waals surface area contributed by atoms with Crippen LogP contribution in [-0.4, -0.2) is 24.0 Å². The highest BCUT2D eigenvalue weighted by atomic mass is 16.5. The van der Waals surface area contributed by atoms with Crippen LogP contribution in [0.25, 0.3) is 0 Å². The van der Waals surface area contributed by atoms with Crippen LogP contribution >= 0.6 is 0 Å². The van der Waals surface area contributed by atoms with Crippen molar-refractivity contribution in [2.24, 2.45) is 0 Å². The first-order valence-electron chi connectivity index (χ1n) is 4.54. The Morgan fingerprint density at radius 3 is 2.81 bits per heavy atom. The SMILES string of the molecule is CCOC(=O)c1ccc(O)c(C#N)c1C=O. The Morgan fingerprint density at radius 2 is 2.31 bits per heavy atom. The maximum atomic E-state index is 11.4. The smallest absolute Gasteiger partial charge is 0.338 e. The van der Waals surface area contributed by atoms with Crippen LogP contribution in [0.2, 0.25) is 0 Å². The number of hydrogen-bond acceptors (Lipinski definition) is 5. The van der Waals surface area contributed by atoms with Crippen LogP contribution in [0, 0.1) is 11.3 Å². The molecule has 5 heteroatoms. The van der Waals surface area contributed by atoms with E-state index < -0.39 is 5.97 Å². The first-order chi connectivity index (χ1) is 7.65. The number of rotatable bonds is 3. The van der Waals surface area contributed by atoms with Crippen LogP contribution in [0.1, 0.15) is 33.2 Å². The van der Waals surface area contributed by atoms with Gasteiger partial charge in [0.05, 0.1) is 17.7 Å². The van der Waals surface area contributed by atoms with E-state index in [9.17, 15) is 14.7 Å². The Kier molecular flexibility index (Phi) is 3.62. The van der Waals surface area contributed by atoms with Gasteiger partial charge in [-0.2, -0.15) is 5.26 Å². The maximum Gasteiger partial charge on any atom is 0.338 e. The number of phenolic OH excluding ortho intramolecular Hbond substituents is 1. The molecule has 1 aromatic carbocycles. The van der Waals surface area contributed by atoms with E-state index in [1.807, 2.05) is 0 Å². The van der Waals surface area contributed by atoms with E-state index in [0.717, 1.165) is 0 Å². The van der Waals surface area contributed by atoms with E-state index >= 15 is 0 Å². The summed E-state index contributed by atoms with van der Waals surface area (Å²) in [4.78, 5) is 22.2. The van der Waals surface area contributed by atoms with Crippen molar-refractivity contribution in [2.45, 2.75) is 6.92 Å². The summed E-state index contributed by atoms with van der Waals surface area (Å²) < 4.78 is 4.72. The predicted molar refractivity (Wildman–Crippen MR) is 54.2 cm³/mol. The van der Waals surface area contributed by atoms with Crippen LogP contribution in [0.4, 0.5) is 0 Å². The van der Waals surface area contributed by atoms with Crippen molar-refractivity contribution in [3.63, 3.8) is 0 Å². The molecule has 0 radical (unpaired) electrons. The normalized spacial score (nSPS) is 9.25. The minimum atomic E-state index is -0.693. The third-order valence-corrected chi connectivity index (χ3v) is 1.95. The van der Waals surface area contributed by atoms with Crippen LogP contribution in [0.15, 0.2) is 12.1 Å². The summed E-state index contributed by atoms with van der Waals surface area (Å²) in [6.45, 7) is 1.80. The molecular formula is C11H9NO4. The van der Waals surface area contributed by atoms with Crippen molar-refractivity contribution in [3.05, 3.63) is 28.8 Å². The molecule has 0 saturated carbocycles. The van der Waals surface area contributed by atoms with Crippen molar-refractivity contribution in [3.8, 4) is 11.8 Å². The molecule has 16 heavy (non-hydrogen) atoms. The number of benzene rings is 1. The van der Waals surface area contributed by atoms with Gasteiger partial charge in [-0.05, 0) is 19.1 Å². The Labute approximate surface area is 91.9 Å². The number of hydrogen-bond donors (Lipinski definition) is 1. The lowest BCUT2D eigenvalue weighted by Crippen LogP contribution is -2.09. The number of aldehydes is 1. The molecule has 0 aliphatic rings. The third kappa shape index (κ3) is 2.01. The summed E-state index contributed by atoms with van der Waals surface area (Å²) in [5.74, 6) is -1.03. The number of ether oxygens (including phenoxy) is 1. The van der Waals surface area contributed by atoms with Gasteiger partial charge in [0.1, 0.15) is 17.4 Å². The van der Waals surface area contributed by atoms with E-state index in [-0.39, 0.29) is 29.0 Å². The number of aromatic hydroxyl groups is 1. The molecule has 0 aliphatic heterocycles. The standard InChI is InChI=1S/C11H9NO4/c1-2-16-11(15)7-3-4-10(14)8(5-12)9(7)6-13/h3-4,6,14H,2H2,1H3. The largest absolute Gasteiger partial charge is 0.507 e. The lowest BCUT2D eigenvalue weighted by Gasteiger charge is -2.06. The van der Waals surface area contributed by atoms with E-state index in [2.05, 4.69) is 0 Å². The van der Waals surface area contributed by atoms with Gasteiger partial charge in [0.25, 0.3) is 0 Å². The number of nitriles is 1. The van der Waals surface area contributed by atoms with E-state index in [4.69, 9.17) is 10.00 Å². The molecule has 82 valence electrons. The van der Waals surface area contributed by atoms with E-state index in [1.165, 1.54) is 12.1 Å². The zero-order valence-electron chi connectivity index (χ0n) is 8.56. The van der Waals surface area contributed by atoms with E-state index in [1.54, 1.807) is 13.0 Å². The summed E-state index contributed by atoms with van der Waals surface area (Å²) in [5, 5.41) is 18.1. The fraction of sp³-hybridized carbons (Fsp3) is 0.182. The van der Waals surface area contributed by atoms with Gasteiger partial charge in [0, 0.05) is 0 Å². The van der Waals surface area contributed by atoms with Crippen LogP contribution in [0.3, 0.4) is 0 Å². The second-order valence-electron chi connectivity index (χ2n) is 2.87. The van der Waals surface area contributed by atoms with Crippen LogP contribution < -0.4 is 0 Å². The summed E-state index contributed by atoms with van der Waals surface area (Å²) in [5.41, 5.74) is -0.396. The highest BCUT2D eigenvalue weighted by Gasteiger charge is 2.18. The highest BCUT2D eigenvalue weighted by Crippen LogP contribution is 2.23. The van der Waals surface area contributed by atoms with Gasteiger partial charge in [-0.3, -0.25) is 4.79 Å². The zero-order chi connectivity index (χ0) is 12.1. The van der Waals surface area contributed by atoms with Crippen LogP contribution in [-0.2, 0) is 4.74 Å². The monoisotopic (exact) mass is 219 g/mol. The summed E-state index contributed by atoms with van der Waals surface area (Å²) >= 11 is 0. The predicted octanol–water partition coefficient (Wildman–Crippen LogP) is 1.25. The highest BCUT2D eigenvalue weighted by molar-refractivity contribution is 6.00. The van der Waals surface area contributed by atoms with Crippen molar-refractivity contribution in [1.82, 2.24) is 0 Å². The molecule has 0 amide bonds. The molecule has 1 rings (SSSR count). The lowest BCUT2D eigenvalue weighted by molar-refractivity contribution is 0.0524. The Balaban J connectivity index is 3.37. The average molecular weight is 219 g/mol. The minimum Gasteiger partial charge on any atom is -0.507 e. The topological polar surface area (TPSA) is 87.4 Å². The molecule has 1 N–H and O–H groups in total. The second-order valence-corrected chi connectivity index (χ2v) is 2.87. The fourth-order valence-corrected chi connectivity index (χ4v) is 1.23. The van der Waals surface area contributed by atoms with Gasteiger partial charge in [-0.25, -0.2) is 4.79 Å². The van der Waals surface area contributed by atoms with Crippen molar-refractivity contribution in [1.29, 1.82) is 5.26 Å². The van der Waals surface area contributed by atoms with Gasteiger partial charge in [-0.15, -0.1) is 0 Å². The van der Waals surface area contributed by atoms with E-state index in [0.29, 0.717) is 6.29 Å². The molecular weight excluding hydrogens is 210 g/mol. The minimum absolute atomic E-state index is 0.0220. The molecule has 0 aliphatic carbocycles. The molecule has 0 spiro atoms. The maximum absolute atomic E-state index is 11.4. The number of phenols is 1. The fourth-order valence-electron chi connectivity index (χ4n) is 1.23. The van der Waals surface area contributed by atoms with Crippen LogP contribution in [0.5, 0.6) is 5.75 Å². The molecule has 1 aromatic rings. The number of carbonyl (C=O) groups is 2. The number of carbonyl (C=O) groups excluding carboxylic acids is 2. The molecule has 5 nitrogen and oxygen atoms in total. The van der Waals surface area contributed by atoms with Crippen molar-refractivity contribution >= 4 is 12.3 Å². The Bertz CT molecular complexity index is 474. The molecule has 0 saturated heterocycles. The first-order valence-corrected chi connectivity index (χ1v) is 4.54. The van der Waals surface area contributed by atoms with Gasteiger partial charge in [0.2, 0.25) is 0 Å². The lowest BCUT2D eigenvalue weighted by atomic mass is 10.0. The molecule has 0 atom stereocenters. The summed E-state index contributed by atoms with van der Waals surface area (Å²) in [6.07, 6.45) is 0.352. The first kappa shape index (κ1) is 11.7.